The highest BCUT2D eigenvalue weighted by molar-refractivity contribution is 5.85. The van der Waals surface area contributed by atoms with Crippen LogP contribution in [0, 0.1) is 11.8 Å². The first-order valence-electron chi connectivity index (χ1n) is 6.99. The predicted octanol–water partition coefficient (Wildman–Crippen LogP) is 1.51. The lowest BCUT2D eigenvalue weighted by Crippen LogP contribution is -2.55. The Morgan fingerprint density at radius 2 is 1.89 bits per heavy atom. The number of rotatable bonds is 2. The highest BCUT2D eigenvalue weighted by atomic mass is 16.5. The fourth-order valence-corrected chi connectivity index (χ4v) is 3.41. The van der Waals surface area contributed by atoms with Crippen LogP contribution in [0.3, 0.4) is 0 Å². The van der Waals surface area contributed by atoms with Crippen molar-refractivity contribution < 1.29 is 19.4 Å². The van der Waals surface area contributed by atoms with Crippen molar-refractivity contribution in [1.29, 1.82) is 0 Å². The molecule has 5 heteroatoms. The third-order valence-corrected chi connectivity index (χ3v) is 4.03. The van der Waals surface area contributed by atoms with Crippen molar-refractivity contribution >= 4 is 11.9 Å². The van der Waals surface area contributed by atoms with Crippen LogP contribution < -0.4 is 0 Å². The summed E-state index contributed by atoms with van der Waals surface area (Å²) >= 11 is 0. The molecule has 5 nitrogen and oxygen atoms in total. The van der Waals surface area contributed by atoms with E-state index >= 15 is 0 Å². The summed E-state index contributed by atoms with van der Waals surface area (Å²) in [5, 5.41) is 9.19. The summed E-state index contributed by atoms with van der Waals surface area (Å²) in [6, 6.07) is 0. The molecule has 2 rings (SSSR count). The molecule has 0 radical (unpaired) electrons. The fraction of sp³-hybridized carbons (Fsp3) is 0.857. The molecule has 2 fully saturated rings. The van der Waals surface area contributed by atoms with Crippen LogP contribution in [-0.2, 0) is 14.3 Å². The molecule has 1 N–H and O–H groups in total. The second-order valence-corrected chi connectivity index (χ2v) is 6.39. The highest BCUT2D eigenvalue weighted by Crippen LogP contribution is 2.34. The van der Waals surface area contributed by atoms with E-state index in [4.69, 9.17) is 4.74 Å². The zero-order valence-corrected chi connectivity index (χ0v) is 11.9. The van der Waals surface area contributed by atoms with Gasteiger partial charge in [0.2, 0.25) is 5.91 Å². The van der Waals surface area contributed by atoms with E-state index in [-0.39, 0.29) is 23.5 Å². The first-order valence-corrected chi connectivity index (χ1v) is 6.99. The minimum atomic E-state index is -0.837. The Labute approximate surface area is 113 Å². The monoisotopic (exact) mass is 269 g/mol. The predicted molar refractivity (Wildman–Crippen MR) is 69.7 cm³/mol. The molecule has 1 aliphatic heterocycles. The van der Waals surface area contributed by atoms with E-state index in [0.717, 1.165) is 6.42 Å². The van der Waals surface area contributed by atoms with Crippen LogP contribution in [0.5, 0.6) is 0 Å². The molecule has 0 aromatic heterocycles. The number of carbonyl (C=O) groups is 2. The zero-order valence-electron chi connectivity index (χ0n) is 11.9. The van der Waals surface area contributed by atoms with E-state index in [2.05, 4.69) is 0 Å². The molecular formula is C14H23NO4. The van der Waals surface area contributed by atoms with Gasteiger partial charge in [0.15, 0.2) is 0 Å². The molecule has 1 saturated heterocycles. The van der Waals surface area contributed by atoms with E-state index in [9.17, 15) is 14.7 Å². The van der Waals surface area contributed by atoms with Gasteiger partial charge in [0.25, 0.3) is 0 Å². The molecule has 0 aromatic rings. The summed E-state index contributed by atoms with van der Waals surface area (Å²) in [7, 11) is 0. The molecule has 1 heterocycles. The smallest absolute Gasteiger partial charge is 0.307 e. The van der Waals surface area contributed by atoms with Gasteiger partial charge in [0, 0.05) is 13.1 Å². The van der Waals surface area contributed by atoms with Gasteiger partial charge in [-0.25, -0.2) is 0 Å². The Hall–Kier alpha value is -1.10. The largest absolute Gasteiger partial charge is 0.481 e. The van der Waals surface area contributed by atoms with Crippen molar-refractivity contribution in [3.8, 4) is 0 Å². The Morgan fingerprint density at radius 3 is 2.47 bits per heavy atom. The summed E-state index contributed by atoms with van der Waals surface area (Å²) < 4.78 is 5.78. The van der Waals surface area contributed by atoms with Crippen molar-refractivity contribution in [3.63, 3.8) is 0 Å². The molecule has 3 unspecified atom stereocenters. The van der Waals surface area contributed by atoms with Gasteiger partial charge in [-0.2, -0.15) is 0 Å². The Balaban J connectivity index is 2.08. The van der Waals surface area contributed by atoms with Crippen molar-refractivity contribution in [2.24, 2.45) is 11.8 Å². The highest BCUT2D eigenvalue weighted by Gasteiger charge is 2.42. The topological polar surface area (TPSA) is 66.8 Å². The summed E-state index contributed by atoms with van der Waals surface area (Å²) in [6.07, 6.45) is 2.14. The summed E-state index contributed by atoms with van der Waals surface area (Å²) in [6.45, 7) is 6.98. The van der Waals surface area contributed by atoms with Crippen LogP contribution in [0.1, 0.15) is 40.0 Å². The van der Waals surface area contributed by atoms with Gasteiger partial charge in [0.1, 0.15) is 0 Å². The minimum Gasteiger partial charge on any atom is -0.481 e. The van der Waals surface area contributed by atoms with Gasteiger partial charge >= 0.3 is 5.97 Å². The number of hydrogen-bond donors (Lipinski definition) is 1. The first kappa shape index (κ1) is 14.3. The minimum absolute atomic E-state index is 0.00242. The number of amides is 1. The van der Waals surface area contributed by atoms with Crippen LogP contribution in [-0.4, -0.2) is 46.7 Å². The normalized spacial score (nSPS) is 34.3. The van der Waals surface area contributed by atoms with Crippen molar-refractivity contribution in [3.05, 3.63) is 0 Å². The van der Waals surface area contributed by atoms with E-state index in [1.807, 2.05) is 20.8 Å². The second kappa shape index (κ2) is 5.12. The number of nitrogens with zero attached hydrogens (tertiary/aromatic N) is 1. The van der Waals surface area contributed by atoms with Gasteiger partial charge in [0.05, 0.1) is 23.5 Å². The standard InChI is InChI=1S/C14H23NO4/c1-9-7-15(8-14(2,3)19-9)12(16)10-5-4-6-11(10)13(17)18/h9-11H,4-8H2,1-3H3,(H,17,18). The molecule has 19 heavy (non-hydrogen) atoms. The third-order valence-electron chi connectivity index (χ3n) is 4.03. The van der Waals surface area contributed by atoms with Crippen molar-refractivity contribution in [2.75, 3.05) is 13.1 Å². The summed E-state index contributed by atoms with van der Waals surface area (Å²) in [5.74, 6) is -1.70. The molecule has 0 bridgehead atoms. The van der Waals surface area contributed by atoms with Crippen molar-refractivity contribution in [1.82, 2.24) is 4.90 Å². The number of hydrogen-bond acceptors (Lipinski definition) is 3. The van der Waals surface area contributed by atoms with Gasteiger partial charge in [-0.15, -0.1) is 0 Å². The van der Waals surface area contributed by atoms with E-state index in [0.29, 0.717) is 25.9 Å². The number of carboxylic acids is 1. The average Bonchev–Trinajstić information content (AvgIpc) is 2.73. The Morgan fingerprint density at radius 1 is 1.26 bits per heavy atom. The van der Waals surface area contributed by atoms with Crippen molar-refractivity contribution in [2.45, 2.75) is 51.7 Å². The van der Waals surface area contributed by atoms with Crippen LogP contribution in [0.4, 0.5) is 0 Å². The maximum absolute atomic E-state index is 12.6. The van der Waals surface area contributed by atoms with Crippen LogP contribution in [0.15, 0.2) is 0 Å². The number of aliphatic carboxylic acids is 1. The molecule has 0 spiro atoms. The molecule has 108 valence electrons. The number of morpholine rings is 1. The first-order chi connectivity index (χ1) is 8.80. The molecular weight excluding hydrogens is 246 g/mol. The molecule has 1 amide bonds. The second-order valence-electron chi connectivity index (χ2n) is 6.39. The third kappa shape index (κ3) is 3.08. The quantitative estimate of drug-likeness (QED) is 0.825. The van der Waals surface area contributed by atoms with Gasteiger partial charge in [-0.05, 0) is 33.6 Å². The molecule has 3 atom stereocenters. The number of carbonyl (C=O) groups excluding carboxylic acids is 1. The molecule has 2 aliphatic rings. The number of ether oxygens (including phenoxy) is 1. The average molecular weight is 269 g/mol. The maximum atomic E-state index is 12.6. The van der Waals surface area contributed by atoms with E-state index < -0.39 is 11.9 Å². The van der Waals surface area contributed by atoms with Gasteiger partial charge in [-0.1, -0.05) is 6.42 Å². The maximum Gasteiger partial charge on any atom is 0.307 e. The fourth-order valence-electron chi connectivity index (χ4n) is 3.41. The number of carboxylic acid groups (broad SMARTS) is 1. The van der Waals surface area contributed by atoms with E-state index in [1.165, 1.54) is 0 Å². The van der Waals surface area contributed by atoms with Gasteiger partial charge < -0.3 is 14.7 Å². The van der Waals surface area contributed by atoms with Crippen LogP contribution in [0.25, 0.3) is 0 Å². The zero-order chi connectivity index (χ0) is 14.2. The van der Waals surface area contributed by atoms with Crippen LogP contribution >= 0.6 is 0 Å². The Bertz CT molecular complexity index is 380. The lowest BCUT2D eigenvalue weighted by Gasteiger charge is -2.42. The Kier molecular flexibility index (Phi) is 3.85. The summed E-state index contributed by atoms with van der Waals surface area (Å²) in [5.41, 5.74) is -0.356. The SMILES string of the molecule is CC1CN(C(=O)C2CCCC2C(=O)O)CC(C)(C)O1. The molecule has 1 aliphatic carbocycles. The lowest BCUT2D eigenvalue weighted by molar-refractivity contribution is -0.165. The van der Waals surface area contributed by atoms with Gasteiger partial charge in [-0.3, -0.25) is 9.59 Å². The lowest BCUT2D eigenvalue weighted by atomic mass is 9.93. The summed E-state index contributed by atoms with van der Waals surface area (Å²) in [4.78, 5) is 25.5. The van der Waals surface area contributed by atoms with E-state index in [1.54, 1.807) is 4.90 Å². The van der Waals surface area contributed by atoms with Crippen LogP contribution in [0.2, 0.25) is 0 Å². The molecule has 1 saturated carbocycles. The molecule has 0 aromatic carbocycles.